The van der Waals surface area contributed by atoms with Gasteiger partial charge in [0.25, 0.3) is 0 Å². The highest BCUT2D eigenvalue weighted by atomic mass is 31.2. The van der Waals surface area contributed by atoms with Gasteiger partial charge in [0, 0.05) is 0 Å². The van der Waals surface area contributed by atoms with E-state index in [1.807, 2.05) is 0 Å². The van der Waals surface area contributed by atoms with Crippen LogP contribution in [-0.4, -0.2) is 17.7 Å². The van der Waals surface area contributed by atoms with E-state index in [0.29, 0.717) is 24.6 Å². The Morgan fingerprint density at radius 2 is 1.36 bits per heavy atom. The molecule has 0 aromatic carbocycles. The van der Waals surface area contributed by atoms with Gasteiger partial charge in [-0.3, -0.25) is 4.57 Å². The number of hydrogen-bond acceptors (Lipinski definition) is 2. The third-order valence-corrected chi connectivity index (χ3v) is 6.12. The Bertz CT molecular complexity index is 294. The summed E-state index contributed by atoms with van der Waals surface area (Å²) in [5.74, 6) is 0.745. The van der Waals surface area contributed by atoms with Crippen molar-refractivity contribution in [1.29, 1.82) is 0 Å². The molecule has 0 radical (unpaired) electrons. The second-order valence-corrected chi connectivity index (χ2v) is 8.55. The highest BCUT2D eigenvalue weighted by Crippen LogP contribution is 2.46. The van der Waals surface area contributed by atoms with Gasteiger partial charge < -0.3 is 9.42 Å². The monoisotopic (exact) mass is 334 g/mol. The van der Waals surface area contributed by atoms with Gasteiger partial charge in [0.2, 0.25) is 0 Å². The first-order valence-corrected chi connectivity index (χ1v) is 11.2. The van der Waals surface area contributed by atoms with Gasteiger partial charge in [-0.2, -0.15) is 0 Å². The summed E-state index contributed by atoms with van der Waals surface area (Å²) in [6.07, 6.45) is 11.7. The van der Waals surface area contributed by atoms with Crippen molar-refractivity contribution in [2.24, 2.45) is 11.8 Å². The standard InChI is InChI=1S/C18H39O3P/c1-5-9-11-13-17(7-3)15-21-22(19,20)16-18(8-4)14-12-10-6-2/h17-18H,5-16H2,1-4H3,(H,19,20). The average molecular weight is 334 g/mol. The van der Waals surface area contributed by atoms with Crippen molar-refractivity contribution in [3.05, 3.63) is 0 Å². The largest absolute Gasteiger partial charge is 0.328 e. The highest BCUT2D eigenvalue weighted by Gasteiger charge is 2.25. The molecule has 3 unspecified atom stereocenters. The lowest BCUT2D eigenvalue weighted by Gasteiger charge is -2.21. The molecule has 0 saturated carbocycles. The predicted molar refractivity (Wildman–Crippen MR) is 96.5 cm³/mol. The Hall–Kier alpha value is 0.150. The SMILES string of the molecule is CCCCCC(CC)COP(=O)(O)CC(CC)CCCCC. The molecular formula is C18H39O3P. The van der Waals surface area contributed by atoms with E-state index in [2.05, 4.69) is 27.7 Å². The summed E-state index contributed by atoms with van der Waals surface area (Å²) in [4.78, 5) is 10.1. The maximum absolute atomic E-state index is 12.3. The lowest BCUT2D eigenvalue weighted by molar-refractivity contribution is 0.199. The molecule has 0 saturated heterocycles. The molecule has 0 bridgehead atoms. The van der Waals surface area contributed by atoms with Gasteiger partial charge in [-0.25, -0.2) is 0 Å². The molecule has 1 N–H and O–H groups in total. The summed E-state index contributed by atoms with van der Waals surface area (Å²) in [6, 6.07) is 0. The van der Waals surface area contributed by atoms with E-state index >= 15 is 0 Å². The van der Waals surface area contributed by atoms with E-state index in [1.54, 1.807) is 0 Å². The van der Waals surface area contributed by atoms with Gasteiger partial charge in [0.15, 0.2) is 0 Å². The molecule has 22 heavy (non-hydrogen) atoms. The zero-order valence-corrected chi connectivity index (χ0v) is 16.2. The van der Waals surface area contributed by atoms with Crippen molar-refractivity contribution in [3.63, 3.8) is 0 Å². The fourth-order valence-electron chi connectivity index (χ4n) is 2.80. The minimum atomic E-state index is -3.42. The quantitative estimate of drug-likeness (QED) is 0.278. The molecule has 0 fully saturated rings. The van der Waals surface area contributed by atoms with Crippen LogP contribution in [0, 0.1) is 11.8 Å². The molecule has 3 nitrogen and oxygen atoms in total. The van der Waals surface area contributed by atoms with E-state index in [-0.39, 0.29) is 0 Å². The van der Waals surface area contributed by atoms with Crippen LogP contribution in [0.4, 0.5) is 0 Å². The van der Waals surface area contributed by atoms with Crippen molar-refractivity contribution in [2.45, 2.75) is 91.9 Å². The molecule has 4 heteroatoms. The maximum Gasteiger partial charge on any atom is 0.328 e. The zero-order valence-electron chi connectivity index (χ0n) is 15.4. The number of rotatable bonds is 15. The summed E-state index contributed by atoms with van der Waals surface area (Å²) in [7, 11) is -3.42. The highest BCUT2D eigenvalue weighted by molar-refractivity contribution is 7.52. The molecule has 0 rings (SSSR count). The first kappa shape index (κ1) is 22.1. The summed E-state index contributed by atoms with van der Waals surface area (Å²) in [5.41, 5.74) is 0. The molecule has 0 aromatic rings. The average Bonchev–Trinajstić information content (AvgIpc) is 2.49. The van der Waals surface area contributed by atoms with E-state index in [0.717, 1.165) is 32.1 Å². The van der Waals surface area contributed by atoms with Crippen molar-refractivity contribution >= 4 is 7.60 Å². The smallest absolute Gasteiger partial charge is 0.324 e. The predicted octanol–water partition coefficient (Wildman–Crippen LogP) is 6.40. The Balaban J connectivity index is 4.15. The van der Waals surface area contributed by atoms with Crippen LogP contribution in [0.2, 0.25) is 0 Å². The summed E-state index contributed by atoms with van der Waals surface area (Å²) in [6.45, 7) is 9.07. The third kappa shape index (κ3) is 11.7. The van der Waals surface area contributed by atoms with Crippen LogP contribution < -0.4 is 0 Å². The van der Waals surface area contributed by atoms with E-state index in [9.17, 15) is 9.46 Å². The molecule has 0 aliphatic rings. The number of unbranched alkanes of at least 4 members (excludes halogenated alkanes) is 4. The van der Waals surface area contributed by atoms with Crippen molar-refractivity contribution in [3.8, 4) is 0 Å². The minimum absolute atomic E-state index is 0.322. The van der Waals surface area contributed by atoms with Crippen molar-refractivity contribution < 1.29 is 14.0 Å². The Morgan fingerprint density at radius 3 is 1.82 bits per heavy atom. The van der Waals surface area contributed by atoms with Gasteiger partial charge in [0.1, 0.15) is 0 Å². The Morgan fingerprint density at radius 1 is 0.864 bits per heavy atom. The maximum atomic E-state index is 12.3. The van der Waals surface area contributed by atoms with Crippen LogP contribution in [0.1, 0.15) is 91.9 Å². The third-order valence-electron chi connectivity index (χ3n) is 4.59. The lowest BCUT2D eigenvalue weighted by Crippen LogP contribution is -2.12. The summed E-state index contributed by atoms with van der Waals surface area (Å²) in [5, 5.41) is 0. The molecule has 0 aromatic heterocycles. The van der Waals surface area contributed by atoms with Crippen molar-refractivity contribution in [2.75, 3.05) is 12.8 Å². The fourth-order valence-corrected chi connectivity index (χ4v) is 4.44. The molecular weight excluding hydrogens is 295 g/mol. The second-order valence-electron chi connectivity index (χ2n) is 6.66. The van der Waals surface area contributed by atoms with Gasteiger partial charge in [-0.1, -0.05) is 79.1 Å². The Labute approximate surface area is 138 Å². The first-order chi connectivity index (χ1) is 10.5. The van der Waals surface area contributed by atoms with Crippen LogP contribution in [0.15, 0.2) is 0 Å². The van der Waals surface area contributed by atoms with Crippen LogP contribution in [0.25, 0.3) is 0 Å². The van der Waals surface area contributed by atoms with Crippen molar-refractivity contribution in [1.82, 2.24) is 0 Å². The van der Waals surface area contributed by atoms with Crippen LogP contribution in [0.5, 0.6) is 0 Å². The molecule has 0 spiro atoms. The van der Waals surface area contributed by atoms with Crippen LogP contribution in [0.3, 0.4) is 0 Å². The van der Waals surface area contributed by atoms with E-state index in [4.69, 9.17) is 4.52 Å². The normalized spacial score (nSPS) is 17.1. The lowest BCUT2D eigenvalue weighted by atomic mass is 10.00. The van der Waals surface area contributed by atoms with Gasteiger partial charge in [-0.05, 0) is 24.7 Å². The summed E-state index contributed by atoms with van der Waals surface area (Å²) < 4.78 is 17.8. The molecule has 0 heterocycles. The van der Waals surface area contributed by atoms with Gasteiger partial charge in [-0.15, -0.1) is 0 Å². The van der Waals surface area contributed by atoms with E-state index in [1.165, 1.54) is 32.1 Å². The summed E-state index contributed by atoms with van der Waals surface area (Å²) >= 11 is 0. The van der Waals surface area contributed by atoms with Crippen LogP contribution >= 0.6 is 7.60 Å². The fraction of sp³-hybridized carbons (Fsp3) is 1.00. The first-order valence-electron chi connectivity index (χ1n) is 9.45. The van der Waals surface area contributed by atoms with Gasteiger partial charge in [0.05, 0.1) is 12.8 Å². The molecule has 0 amide bonds. The topological polar surface area (TPSA) is 46.5 Å². The zero-order chi connectivity index (χ0) is 16.8. The van der Waals surface area contributed by atoms with Crippen LogP contribution in [-0.2, 0) is 9.09 Å². The van der Waals surface area contributed by atoms with E-state index < -0.39 is 7.60 Å². The van der Waals surface area contributed by atoms with Gasteiger partial charge >= 0.3 is 7.60 Å². The Kier molecular flexibility index (Phi) is 13.7. The molecule has 0 aliphatic carbocycles. The molecule has 3 atom stereocenters. The minimum Gasteiger partial charge on any atom is -0.324 e. The number of hydrogen-bond donors (Lipinski definition) is 1. The molecule has 134 valence electrons. The second kappa shape index (κ2) is 13.6. The molecule has 0 aliphatic heterocycles.